The van der Waals surface area contributed by atoms with E-state index in [1.165, 1.54) is 6.26 Å². The highest BCUT2D eigenvalue weighted by atomic mass is 32.2. The van der Waals surface area contributed by atoms with Crippen molar-refractivity contribution in [3.05, 3.63) is 24.3 Å². The van der Waals surface area contributed by atoms with E-state index in [9.17, 15) is 13.2 Å². The van der Waals surface area contributed by atoms with Gasteiger partial charge in [-0.2, -0.15) is 0 Å². The molecular formula is C18H26N2O3S. The van der Waals surface area contributed by atoms with Crippen molar-refractivity contribution in [2.75, 3.05) is 11.2 Å². The Morgan fingerprint density at radius 1 is 1.12 bits per heavy atom. The molecule has 0 radical (unpaired) electrons. The number of nitrogens with one attached hydrogen (secondary N) is 1. The first-order valence-corrected chi connectivity index (χ1v) is 10.5. The summed E-state index contributed by atoms with van der Waals surface area (Å²) < 4.78 is 23.2. The van der Waals surface area contributed by atoms with Gasteiger partial charge in [0.25, 0.3) is 0 Å². The molecule has 6 heteroatoms. The van der Waals surface area contributed by atoms with Crippen molar-refractivity contribution >= 4 is 21.4 Å². The van der Waals surface area contributed by atoms with Crippen LogP contribution in [0.3, 0.4) is 0 Å². The first kappa shape index (κ1) is 17.3. The Kier molecular flexibility index (Phi) is 4.60. The lowest BCUT2D eigenvalue weighted by Crippen LogP contribution is -2.51. The lowest BCUT2D eigenvalue weighted by atomic mass is 9.96. The Morgan fingerprint density at radius 2 is 1.67 bits per heavy atom. The maximum Gasteiger partial charge on any atom is 0.222 e. The van der Waals surface area contributed by atoms with E-state index < -0.39 is 9.84 Å². The van der Waals surface area contributed by atoms with Gasteiger partial charge < -0.3 is 10.2 Å². The van der Waals surface area contributed by atoms with Gasteiger partial charge in [-0.15, -0.1) is 0 Å². The Labute approximate surface area is 144 Å². The van der Waals surface area contributed by atoms with Crippen molar-refractivity contribution in [3.8, 4) is 0 Å². The van der Waals surface area contributed by atoms with E-state index in [0.29, 0.717) is 17.0 Å². The Bertz CT molecular complexity index is 698. The van der Waals surface area contributed by atoms with Crippen LogP contribution in [0.15, 0.2) is 29.2 Å². The predicted molar refractivity (Wildman–Crippen MR) is 94.8 cm³/mol. The first-order chi connectivity index (χ1) is 11.3. The standard InChI is InChI=1S/C18H26N2O3S/c1-12(2)18(21)19-13-10-15-4-5-16(11-13)20(15)14-6-8-17(9-7-14)24(3,22)23/h6-9,12-13,15-16H,4-5,10-11H2,1-3H3,(H,19,21). The Balaban J connectivity index is 1.72. The van der Waals surface area contributed by atoms with Crippen molar-refractivity contribution in [1.82, 2.24) is 5.32 Å². The first-order valence-electron chi connectivity index (χ1n) is 8.64. The quantitative estimate of drug-likeness (QED) is 0.905. The summed E-state index contributed by atoms with van der Waals surface area (Å²) >= 11 is 0. The molecule has 0 saturated carbocycles. The molecule has 1 amide bonds. The molecule has 1 aromatic rings. The van der Waals surface area contributed by atoms with Crippen molar-refractivity contribution in [2.24, 2.45) is 5.92 Å². The van der Waals surface area contributed by atoms with Crippen LogP contribution in [0.25, 0.3) is 0 Å². The predicted octanol–water partition coefficient (Wildman–Crippen LogP) is 2.36. The van der Waals surface area contributed by atoms with Gasteiger partial charge in [0, 0.05) is 36.0 Å². The molecule has 2 unspecified atom stereocenters. The van der Waals surface area contributed by atoms with E-state index in [1.54, 1.807) is 12.1 Å². The number of hydrogen-bond acceptors (Lipinski definition) is 4. The molecular weight excluding hydrogens is 324 g/mol. The maximum absolute atomic E-state index is 11.9. The summed E-state index contributed by atoms with van der Waals surface area (Å²) in [5.74, 6) is 0.148. The molecule has 2 bridgehead atoms. The molecule has 2 saturated heterocycles. The number of amides is 1. The number of carbonyl (C=O) groups is 1. The van der Waals surface area contributed by atoms with Gasteiger partial charge in [0.2, 0.25) is 5.91 Å². The van der Waals surface area contributed by atoms with E-state index in [1.807, 2.05) is 26.0 Å². The highest BCUT2D eigenvalue weighted by Gasteiger charge is 2.41. The van der Waals surface area contributed by atoms with Gasteiger partial charge in [0.1, 0.15) is 0 Å². The summed E-state index contributed by atoms with van der Waals surface area (Å²) in [7, 11) is -3.16. The van der Waals surface area contributed by atoms with E-state index >= 15 is 0 Å². The summed E-state index contributed by atoms with van der Waals surface area (Å²) in [4.78, 5) is 14.7. The van der Waals surface area contributed by atoms with Gasteiger partial charge in [-0.1, -0.05) is 13.8 Å². The topological polar surface area (TPSA) is 66.5 Å². The van der Waals surface area contributed by atoms with E-state index in [-0.39, 0.29) is 17.9 Å². The molecule has 2 atom stereocenters. The number of piperidine rings is 1. The van der Waals surface area contributed by atoms with Gasteiger partial charge in [-0.25, -0.2) is 8.42 Å². The van der Waals surface area contributed by atoms with Gasteiger partial charge in [0.15, 0.2) is 9.84 Å². The molecule has 1 aromatic carbocycles. The molecule has 5 nitrogen and oxygen atoms in total. The van der Waals surface area contributed by atoms with Gasteiger partial charge in [-0.3, -0.25) is 4.79 Å². The summed E-state index contributed by atoms with van der Waals surface area (Å²) in [5.41, 5.74) is 1.09. The number of nitrogens with zero attached hydrogens (tertiary/aromatic N) is 1. The Hall–Kier alpha value is -1.56. The van der Waals surface area contributed by atoms with Crippen molar-refractivity contribution in [1.29, 1.82) is 0 Å². The van der Waals surface area contributed by atoms with Crippen LogP contribution in [0.5, 0.6) is 0 Å². The van der Waals surface area contributed by atoms with Gasteiger partial charge in [-0.05, 0) is 49.9 Å². The number of benzene rings is 1. The minimum atomic E-state index is -3.16. The van der Waals surface area contributed by atoms with Crippen LogP contribution in [-0.4, -0.2) is 38.7 Å². The average Bonchev–Trinajstić information content (AvgIpc) is 2.77. The second-order valence-corrected chi connectivity index (χ2v) is 9.41. The monoisotopic (exact) mass is 350 g/mol. The molecule has 0 aromatic heterocycles. The molecule has 2 aliphatic rings. The van der Waals surface area contributed by atoms with Crippen molar-refractivity contribution < 1.29 is 13.2 Å². The molecule has 0 spiro atoms. The number of carbonyl (C=O) groups excluding carboxylic acids is 1. The third-order valence-corrected chi connectivity index (χ3v) is 6.30. The third kappa shape index (κ3) is 3.43. The number of hydrogen-bond donors (Lipinski definition) is 1. The lowest BCUT2D eigenvalue weighted by Gasteiger charge is -2.41. The van der Waals surface area contributed by atoms with Crippen LogP contribution in [0.4, 0.5) is 5.69 Å². The zero-order chi connectivity index (χ0) is 17.5. The van der Waals surface area contributed by atoms with E-state index in [2.05, 4.69) is 10.2 Å². The average molecular weight is 350 g/mol. The molecule has 2 heterocycles. The largest absolute Gasteiger partial charge is 0.365 e. The fourth-order valence-corrected chi connectivity index (χ4v) is 4.58. The van der Waals surface area contributed by atoms with Crippen LogP contribution in [-0.2, 0) is 14.6 Å². The Morgan fingerprint density at radius 3 is 2.12 bits per heavy atom. The number of rotatable bonds is 4. The zero-order valence-corrected chi connectivity index (χ0v) is 15.3. The summed E-state index contributed by atoms with van der Waals surface area (Å²) in [6.45, 7) is 3.84. The molecule has 2 fully saturated rings. The molecule has 24 heavy (non-hydrogen) atoms. The van der Waals surface area contributed by atoms with Crippen LogP contribution in [0.2, 0.25) is 0 Å². The number of sulfone groups is 1. The second kappa shape index (κ2) is 6.39. The van der Waals surface area contributed by atoms with Crippen LogP contribution in [0.1, 0.15) is 39.5 Å². The SMILES string of the molecule is CC(C)C(=O)NC1CC2CCC(C1)N2c1ccc(S(C)(=O)=O)cc1. The normalized spacial score (nSPS) is 26.7. The minimum Gasteiger partial charge on any atom is -0.365 e. The van der Waals surface area contributed by atoms with Crippen molar-refractivity contribution in [2.45, 2.75) is 62.6 Å². The highest BCUT2D eigenvalue weighted by molar-refractivity contribution is 7.90. The summed E-state index contributed by atoms with van der Waals surface area (Å²) in [6.07, 6.45) is 5.42. The fraction of sp³-hybridized carbons (Fsp3) is 0.611. The molecule has 1 N–H and O–H groups in total. The summed E-state index contributed by atoms with van der Waals surface area (Å²) in [5, 5.41) is 3.18. The van der Waals surface area contributed by atoms with Crippen LogP contribution in [0, 0.1) is 5.92 Å². The maximum atomic E-state index is 11.9. The van der Waals surface area contributed by atoms with Crippen molar-refractivity contribution in [3.63, 3.8) is 0 Å². The summed E-state index contributed by atoms with van der Waals surface area (Å²) in [6, 6.07) is 8.30. The van der Waals surface area contributed by atoms with Crippen LogP contribution < -0.4 is 10.2 Å². The molecule has 0 aliphatic carbocycles. The number of fused-ring (bicyclic) bond motifs is 2. The van der Waals surface area contributed by atoms with Gasteiger partial charge >= 0.3 is 0 Å². The minimum absolute atomic E-state index is 0.0178. The lowest BCUT2D eigenvalue weighted by molar-refractivity contribution is -0.124. The van der Waals surface area contributed by atoms with E-state index in [0.717, 1.165) is 31.4 Å². The number of anilines is 1. The highest BCUT2D eigenvalue weighted by Crippen LogP contribution is 2.39. The third-order valence-electron chi connectivity index (χ3n) is 5.17. The van der Waals surface area contributed by atoms with E-state index in [4.69, 9.17) is 0 Å². The zero-order valence-electron chi connectivity index (χ0n) is 14.5. The van der Waals surface area contributed by atoms with Gasteiger partial charge in [0.05, 0.1) is 4.90 Å². The second-order valence-electron chi connectivity index (χ2n) is 7.39. The molecule has 3 rings (SSSR count). The molecule has 2 aliphatic heterocycles. The molecule has 132 valence electrons. The van der Waals surface area contributed by atoms with Crippen LogP contribution >= 0.6 is 0 Å². The smallest absolute Gasteiger partial charge is 0.222 e. The fourth-order valence-electron chi connectivity index (χ4n) is 3.95.